The molecule has 0 radical (unpaired) electrons. The SMILES string of the molecule is C=CCOc1ccc(/C=N\NC(=O)c2sc3ccccc3c2Cl)cc1. The summed E-state index contributed by atoms with van der Waals surface area (Å²) in [4.78, 5) is 12.7. The molecular formula is C19H15ClN2O2S. The van der Waals surface area contributed by atoms with Gasteiger partial charge in [0.05, 0.1) is 11.2 Å². The van der Waals surface area contributed by atoms with E-state index in [4.69, 9.17) is 16.3 Å². The number of nitrogens with zero attached hydrogens (tertiary/aromatic N) is 1. The van der Waals surface area contributed by atoms with Gasteiger partial charge in [0.15, 0.2) is 0 Å². The largest absolute Gasteiger partial charge is 0.490 e. The molecule has 0 saturated carbocycles. The minimum absolute atomic E-state index is 0.326. The molecule has 0 spiro atoms. The molecule has 25 heavy (non-hydrogen) atoms. The number of benzene rings is 2. The first-order valence-corrected chi connectivity index (χ1v) is 8.72. The van der Waals surface area contributed by atoms with Crippen LogP contribution in [0.15, 0.2) is 66.3 Å². The predicted molar refractivity (Wildman–Crippen MR) is 104 cm³/mol. The monoisotopic (exact) mass is 370 g/mol. The topological polar surface area (TPSA) is 50.7 Å². The molecule has 0 aliphatic heterocycles. The zero-order valence-electron chi connectivity index (χ0n) is 13.2. The molecule has 1 N–H and O–H groups in total. The van der Waals surface area contributed by atoms with E-state index in [0.717, 1.165) is 21.4 Å². The van der Waals surface area contributed by atoms with E-state index < -0.39 is 0 Å². The average molecular weight is 371 g/mol. The van der Waals surface area contributed by atoms with Gasteiger partial charge in [-0.15, -0.1) is 11.3 Å². The van der Waals surface area contributed by atoms with Crippen LogP contribution in [0.1, 0.15) is 15.2 Å². The van der Waals surface area contributed by atoms with Gasteiger partial charge in [0.25, 0.3) is 5.91 Å². The lowest BCUT2D eigenvalue weighted by Crippen LogP contribution is -2.16. The number of hydrogen-bond donors (Lipinski definition) is 1. The van der Waals surface area contributed by atoms with Gasteiger partial charge in [-0.05, 0) is 35.9 Å². The quantitative estimate of drug-likeness (QED) is 0.382. The summed E-state index contributed by atoms with van der Waals surface area (Å²) in [7, 11) is 0. The van der Waals surface area contributed by atoms with Gasteiger partial charge in [0.1, 0.15) is 17.2 Å². The molecule has 0 aliphatic rings. The summed E-state index contributed by atoms with van der Waals surface area (Å²) in [5.41, 5.74) is 3.35. The van der Waals surface area contributed by atoms with Gasteiger partial charge in [-0.3, -0.25) is 4.79 Å². The second kappa shape index (κ2) is 7.96. The maximum Gasteiger partial charge on any atom is 0.283 e. The summed E-state index contributed by atoms with van der Waals surface area (Å²) in [6.07, 6.45) is 3.25. The molecule has 0 saturated heterocycles. The number of nitrogens with one attached hydrogen (secondary N) is 1. The standard InChI is InChI=1S/C19H15ClN2O2S/c1-2-11-24-14-9-7-13(8-10-14)12-21-22-19(23)18-17(20)15-5-3-4-6-16(15)25-18/h2-10,12H,1,11H2,(H,22,23)/b21-12-. The Morgan fingerprint density at radius 2 is 2.00 bits per heavy atom. The second-order valence-corrected chi connectivity index (χ2v) is 6.54. The molecule has 1 aromatic heterocycles. The Morgan fingerprint density at radius 1 is 1.24 bits per heavy atom. The van der Waals surface area contributed by atoms with E-state index in [1.54, 1.807) is 12.3 Å². The van der Waals surface area contributed by atoms with Crippen LogP contribution in [-0.4, -0.2) is 18.7 Å². The van der Waals surface area contributed by atoms with E-state index in [2.05, 4.69) is 17.1 Å². The Morgan fingerprint density at radius 3 is 2.72 bits per heavy atom. The van der Waals surface area contributed by atoms with Crippen molar-refractivity contribution in [1.82, 2.24) is 5.43 Å². The summed E-state index contributed by atoms with van der Waals surface area (Å²) in [5, 5.41) is 5.32. The van der Waals surface area contributed by atoms with Gasteiger partial charge < -0.3 is 4.74 Å². The molecule has 6 heteroatoms. The number of halogens is 1. The fourth-order valence-corrected chi connectivity index (χ4v) is 3.59. The van der Waals surface area contributed by atoms with Crippen LogP contribution in [0, 0.1) is 0 Å². The highest BCUT2D eigenvalue weighted by Gasteiger charge is 2.16. The summed E-state index contributed by atoms with van der Waals surface area (Å²) in [6, 6.07) is 15.0. The van der Waals surface area contributed by atoms with Crippen LogP contribution in [0.4, 0.5) is 0 Å². The highest BCUT2D eigenvalue weighted by atomic mass is 35.5. The number of thiophene rings is 1. The molecule has 0 aliphatic carbocycles. The molecule has 4 nitrogen and oxygen atoms in total. The van der Waals surface area contributed by atoms with E-state index in [0.29, 0.717) is 16.5 Å². The first kappa shape index (κ1) is 17.2. The molecule has 0 fully saturated rings. The third-order valence-electron chi connectivity index (χ3n) is 3.37. The van der Waals surface area contributed by atoms with Crippen LogP contribution >= 0.6 is 22.9 Å². The molecule has 0 atom stereocenters. The Bertz CT molecular complexity index is 932. The van der Waals surface area contributed by atoms with Gasteiger partial charge in [0, 0.05) is 10.1 Å². The van der Waals surface area contributed by atoms with Gasteiger partial charge in [-0.2, -0.15) is 5.10 Å². The van der Waals surface area contributed by atoms with E-state index >= 15 is 0 Å². The van der Waals surface area contributed by atoms with Crippen LogP contribution in [0.3, 0.4) is 0 Å². The zero-order valence-corrected chi connectivity index (χ0v) is 14.8. The number of ether oxygens (including phenoxy) is 1. The Balaban J connectivity index is 1.65. The number of amides is 1. The first-order chi connectivity index (χ1) is 12.2. The molecule has 3 rings (SSSR count). The second-order valence-electron chi connectivity index (χ2n) is 5.11. The van der Waals surface area contributed by atoms with Crippen LogP contribution < -0.4 is 10.2 Å². The highest BCUT2D eigenvalue weighted by Crippen LogP contribution is 2.34. The molecule has 0 unspecified atom stereocenters. The van der Waals surface area contributed by atoms with Crippen LogP contribution in [0.25, 0.3) is 10.1 Å². The molecule has 1 heterocycles. The number of rotatable bonds is 6. The highest BCUT2D eigenvalue weighted by molar-refractivity contribution is 7.21. The maximum atomic E-state index is 12.3. The normalized spacial score (nSPS) is 10.9. The predicted octanol–water partition coefficient (Wildman–Crippen LogP) is 4.88. The number of fused-ring (bicyclic) bond motifs is 1. The fraction of sp³-hybridized carbons (Fsp3) is 0.0526. The number of hydrazone groups is 1. The third-order valence-corrected chi connectivity index (χ3v) is 5.04. The maximum absolute atomic E-state index is 12.3. The van der Waals surface area contributed by atoms with Crippen molar-refractivity contribution in [2.24, 2.45) is 5.10 Å². The van der Waals surface area contributed by atoms with Crippen molar-refractivity contribution in [1.29, 1.82) is 0 Å². The summed E-state index contributed by atoms with van der Waals surface area (Å²) in [5.74, 6) is 0.423. The number of carbonyl (C=O) groups is 1. The van der Waals surface area contributed by atoms with Gasteiger partial charge in [-0.25, -0.2) is 5.43 Å². The van der Waals surface area contributed by atoms with Gasteiger partial charge in [0.2, 0.25) is 0 Å². The van der Waals surface area contributed by atoms with E-state index in [-0.39, 0.29) is 5.91 Å². The van der Waals surface area contributed by atoms with Crippen LogP contribution in [0.5, 0.6) is 5.75 Å². The molecule has 2 aromatic carbocycles. The average Bonchev–Trinajstić information content (AvgIpc) is 2.98. The third kappa shape index (κ3) is 4.07. The Kier molecular flexibility index (Phi) is 5.48. The summed E-state index contributed by atoms with van der Waals surface area (Å²) in [6.45, 7) is 4.06. The van der Waals surface area contributed by atoms with Crippen LogP contribution in [0.2, 0.25) is 5.02 Å². The van der Waals surface area contributed by atoms with Crippen molar-refractivity contribution < 1.29 is 9.53 Å². The molecule has 3 aromatic rings. The zero-order chi connectivity index (χ0) is 17.6. The van der Waals surface area contributed by atoms with Crippen molar-refractivity contribution in [2.45, 2.75) is 0 Å². The molecule has 126 valence electrons. The number of carbonyl (C=O) groups excluding carboxylic acids is 1. The lowest BCUT2D eigenvalue weighted by Gasteiger charge is -2.02. The van der Waals surface area contributed by atoms with Crippen molar-refractivity contribution in [3.63, 3.8) is 0 Å². The van der Waals surface area contributed by atoms with Crippen molar-refractivity contribution in [2.75, 3.05) is 6.61 Å². The Hall–Kier alpha value is -2.63. The Labute approximate surface area is 154 Å². The van der Waals surface area contributed by atoms with E-state index in [1.807, 2.05) is 48.5 Å². The number of hydrogen-bond acceptors (Lipinski definition) is 4. The van der Waals surface area contributed by atoms with Gasteiger partial charge >= 0.3 is 0 Å². The minimum Gasteiger partial charge on any atom is -0.490 e. The van der Waals surface area contributed by atoms with Crippen LogP contribution in [-0.2, 0) is 0 Å². The fourth-order valence-electron chi connectivity index (χ4n) is 2.18. The first-order valence-electron chi connectivity index (χ1n) is 7.53. The molecule has 1 amide bonds. The van der Waals surface area contributed by atoms with E-state index in [1.165, 1.54) is 11.3 Å². The van der Waals surface area contributed by atoms with Crippen molar-refractivity contribution in [3.8, 4) is 5.75 Å². The summed E-state index contributed by atoms with van der Waals surface area (Å²) >= 11 is 7.63. The van der Waals surface area contributed by atoms with Crippen molar-refractivity contribution in [3.05, 3.63) is 76.6 Å². The van der Waals surface area contributed by atoms with Crippen molar-refractivity contribution >= 4 is 45.1 Å². The smallest absolute Gasteiger partial charge is 0.283 e. The van der Waals surface area contributed by atoms with E-state index in [9.17, 15) is 4.79 Å². The lowest BCUT2D eigenvalue weighted by atomic mass is 10.2. The molecule has 0 bridgehead atoms. The van der Waals surface area contributed by atoms with Gasteiger partial charge in [-0.1, -0.05) is 42.5 Å². The minimum atomic E-state index is -0.326. The molecular weight excluding hydrogens is 356 g/mol. The lowest BCUT2D eigenvalue weighted by molar-refractivity contribution is 0.0959. The summed E-state index contributed by atoms with van der Waals surface area (Å²) < 4.78 is 6.38.